The molecule has 1 heterocycles. The van der Waals surface area contributed by atoms with Crippen LogP contribution in [0.5, 0.6) is 0 Å². The van der Waals surface area contributed by atoms with Crippen LogP contribution in [0.3, 0.4) is 0 Å². The van der Waals surface area contributed by atoms with Gasteiger partial charge in [0.1, 0.15) is 0 Å². The van der Waals surface area contributed by atoms with Crippen molar-refractivity contribution in [2.24, 2.45) is 5.73 Å². The molecule has 2 N–H and O–H groups in total. The zero-order valence-electron chi connectivity index (χ0n) is 9.94. The van der Waals surface area contributed by atoms with Crippen LogP contribution in [0.1, 0.15) is 5.89 Å². The quantitative estimate of drug-likeness (QED) is 0.874. The Morgan fingerprint density at radius 2 is 2.11 bits per heavy atom. The van der Waals surface area contributed by atoms with Gasteiger partial charge in [-0.2, -0.15) is 4.98 Å². The molecule has 2 rings (SSSR count). The molecule has 0 amide bonds. The van der Waals surface area contributed by atoms with Crippen LogP contribution in [0.4, 0.5) is 0 Å². The number of benzene rings is 1. The van der Waals surface area contributed by atoms with Crippen molar-refractivity contribution in [2.75, 3.05) is 12.5 Å². The Kier molecular flexibility index (Phi) is 4.55. The van der Waals surface area contributed by atoms with Gasteiger partial charge in [-0.25, -0.2) is 0 Å². The van der Waals surface area contributed by atoms with Crippen molar-refractivity contribution in [3.8, 4) is 11.4 Å². The van der Waals surface area contributed by atoms with Crippen LogP contribution in [0.2, 0.25) is 5.02 Å². The molecular formula is C11H12ClN3OS2. The molecule has 0 aliphatic carbocycles. The Balaban J connectivity index is 2.48. The molecule has 0 spiro atoms. The van der Waals surface area contributed by atoms with E-state index >= 15 is 0 Å². The van der Waals surface area contributed by atoms with Crippen LogP contribution in [0.15, 0.2) is 26.4 Å². The van der Waals surface area contributed by atoms with Gasteiger partial charge in [0.15, 0.2) is 0 Å². The molecule has 4 nitrogen and oxygen atoms in total. The van der Waals surface area contributed by atoms with E-state index in [-0.39, 0.29) is 6.54 Å². The fourth-order valence-corrected chi connectivity index (χ4v) is 3.56. The Morgan fingerprint density at radius 3 is 2.67 bits per heavy atom. The molecule has 18 heavy (non-hydrogen) atoms. The zero-order valence-corrected chi connectivity index (χ0v) is 12.3. The molecule has 0 radical (unpaired) electrons. The molecule has 1 aromatic heterocycles. The number of thioether (sulfide) groups is 2. The topological polar surface area (TPSA) is 64.9 Å². The Labute approximate surface area is 119 Å². The molecule has 1 aromatic carbocycles. The van der Waals surface area contributed by atoms with E-state index in [0.29, 0.717) is 16.7 Å². The summed E-state index contributed by atoms with van der Waals surface area (Å²) in [6.07, 6.45) is 4.01. The molecule has 0 aliphatic rings. The van der Waals surface area contributed by atoms with Crippen molar-refractivity contribution >= 4 is 35.1 Å². The van der Waals surface area contributed by atoms with Crippen LogP contribution in [0, 0.1) is 0 Å². The molecule has 0 saturated heterocycles. The van der Waals surface area contributed by atoms with Gasteiger partial charge in [0.05, 0.1) is 11.6 Å². The summed E-state index contributed by atoms with van der Waals surface area (Å²) in [5.74, 6) is 0.932. The summed E-state index contributed by atoms with van der Waals surface area (Å²) in [5.41, 5.74) is 6.28. The van der Waals surface area contributed by atoms with Crippen LogP contribution in [-0.4, -0.2) is 22.7 Å². The predicted octanol–water partition coefficient (Wildman–Crippen LogP) is 3.29. The van der Waals surface area contributed by atoms with Crippen molar-refractivity contribution in [3.05, 3.63) is 23.0 Å². The maximum absolute atomic E-state index is 6.26. The lowest BCUT2D eigenvalue weighted by Crippen LogP contribution is -1.95. The molecule has 0 unspecified atom stereocenters. The summed E-state index contributed by atoms with van der Waals surface area (Å²) in [6.45, 7) is 0.235. The molecule has 0 bridgehead atoms. The highest BCUT2D eigenvalue weighted by atomic mass is 35.5. The SMILES string of the molecule is CSc1cc(-c2noc(CN)n2)cc(Cl)c1SC. The summed E-state index contributed by atoms with van der Waals surface area (Å²) >= 11 is 9.52. The monoisotopic (exact) mass is 301 g/mol. The van der Waals surface area contributed by atoms with E-state index in [1.807, 2.05) is 24.6 Å². The molecule has 96 valence electrons. The second kappa shape index (κ2) is 5.97. The van der Waals surface area contributed by atoms with Crippen molar-refractivity contribution in [2.45, 2.75) is 16.3 Å². The number of nitrogens with zero attached hydrogens (tertiary/aromatic N) is 2. The zero-order chi connectivity index (χ0) is 13.1. The molecular weight excluding hydrogens is 290 g/mol. The molecule has 7 heteroatoms. The first-order valence-corrected chi connectivity index (χ1v) is 7.97. The smallest absolute Gasteiger partial charge is 0.240 e. The molecule has 0 atom stereocenters. The van der Waals surface area contributed by atoms with Gasteiger partial charge in [-0.15, -0.1) is 23.5 Å². The highest BCUT2D eigenvalue weighted by Crippen LogP contribution is 2.37. The fourth-order valence-electron chi connectivity index (χ4n) is 1.50. The minimum atomic E-state index is 0.235. The second-order valence-corrected chi connectivity index (χ2v) is 5.48. The van der Waals surface area contributed by atoms with Crippen molar-refractivity contribution in [1.29, 1.82) is 0 Å². The third kappa shape index (κ3) is 2.66. The van der Waals surface area contributed by atoms with Gasteiger partial charge in [-0.3, -0.25) is 0 Å². The van der Waals surface area contributed by atoms with Gasteiger partial charge in [0.25, 0.3) is 0 Å². The first-order chi connectivity index (χ1) is 8.69. The summed E-state index contributed by atoms with van der Waals surface area (Å²) in [7, 11) is 0. The van der Waals surface area contributed by atoms with E-state index < -0.39 is 0 Å². The lowest BCUT2D eigenvalue weighted by atomic mass is 10.2. The summed E-state index contributed by atoms with van der Waals surface area (Å²) in [5, 5.41) is 4.59. The first kappa shape index (κ1) is 13.7. The average Bonchev–Trinajstić information content (AvgIpc) is 2.86. The average molecular weight is 302 g/mol. The highest BCUT2D eigenvalue weighted by Gasteiger charge is 2.13. The minimum Gasteiger partial charge on any atom is -0.338 e. The number of halogens is 1. The van der Waals surface area contributed by atoms with Crippen molar-refractivity contribution in [1.82, 2.24) is 10.1 Å². The Bertz CT molecular complexity index is 559. The van der Waals surface area contributed by atoms with Crippen molar-refractivity contribution < 1.29 is 4.52 Å². The molecule has 0 saturated carbocycles. The first-order valence-electron chi connectivity index (χ1n) is 5.14. The van der Waals surface area contributed by atoms with Crippen LogP contribution in [-0.2, 0) is 6.54 Å². The third-order valence-electron chi connectivity index (χ3n) is 2.33. The highest BCUT2D eigenvalue weighted by molar-refractivity contribution is 8.01. The number of hydrogen-bond donors (Lipinski definition) is 1. The fraction of sp³-hybridized carbons (Fsp3) is 0.273. The standard InChI is InChI=1S/C11H12ClN3OS2/c1-17-8-4-6(3-7(12)10(8)18-2)11-14-9(5-13)16-15-11/h3-4H,5,13H2,1-2H3. The largest absolute Gasteiger partial charge is 0.338 e. The van der Waals surface area contributed by atoms with Crippen LogP contribution >= 0.6 is 35.1 Å². The summed E-state index contributed by atoms with van der Waals surface area (Å²) in [6, 6.07) is 3.85. The maximum atomic E-state index is 6.26. The predicted molar refractivity (Wildman–Crippen MR) is 76.2 cm³/mol. The molecule has 0 fully saturated rings. The van der Waals surface area contributed by atoms with E-state index in [2.05, 4.69) is 10.1 Å². The number of hydrogen-bond acceptors (Lipinski definition) is 6. The van der Waals surface area contributed by atoms with E-state index in [9.17, 15) is 0 Å². The molecule has 2 aromatic rings. The Morgan fingerprint density at radius 1 is 1.33 bits per heavy atom. The lowest BCUT2D eigenvalue weighted by Gasteiger charge is -2.08. The van der Waals surface area contributed by atoms with E-state index in [1.165, 1.54) is 0 Å². The third-order valence-corrected chi connectivity index (χ3v) is 4.48. The van der Waals surface area contributed by atoms with Gasteiger partial charge in [-0.1, -0.05) is 16.8 Å². The number of aromatic nitrogens is 2. The van der Waals surface area contributed by atoms with Gasteiger partial charge >= 0.3 is 0 Å². The van der Waals surface area contributed by atoms with Gasteiger partial charge in [0.2, 0.25) is 11.7 Å². The summed E-state index contributed by atoms with van der Waals surface area (Å²) < 4.78 is 5.00. The number of nitrogens with two attached hydrogens (primary N) is 1. The summed E-state index contributed by atoms with van der Waals surface area (Å²) in [4.78, 5) is 6.36. The van der Waals surface area contributed by atoms with E-state index in [4.69, 9.17) is 21.9 Å². The van der Waals surface area contributed by atoms with Gasteiger partial charge < -0.3 is 10.3 Å². The Hall–Kier alpha value is -0.690. The van der Waals surface area contributed by atoms with Crippen LogP contribution < -0.4 is 5.73 Å². The van der Waals surface area contributed by atoms with Crippen molar-refractivity contribution in [3.63, 3.8) is 0 Å². The van der Waals surface area contributed by atoms with Crippen LogP contribution in [0.25, 0.3) is 11.4 Å². The molecule has 0 aliphatic heterocycles. The van der Waals surface area contributed by atoms with Gasteiger partial charge in [-0.05, 0) is 24.6 Å². The van der Waals surface area contributed by atoms with Gasteiger partial charge in [0, 0.05) is 15.4 Å². The number of rotatable bonds is 4. The lowest BCUT2D eigenvalue weighted by molar-refractivity contribution is 0.380. The maximum Gasteiger partial charge on any atom is 0.240 e. The van der Waals surface area contributed by atoms with E-state index in [0.717, 1.165) is 15.4 Å². The minimum absolute atomic E-state index is 0.235. The second-order valence-electron chi connectivity index (χ2n) is 3.41. The van der Waals surface area contributed by atoms with E-state index in [1.54, 1.807) is 23.5 Å². The normalized spacial score (nSPS) is 10.9.